The van der Waals surface area contributed by atoms with Gasteiger partial charge < -0.3 is 9.52 Å². The highest BCUT2D eigenvalue weighted by molar-refractivity contribution is 7.17. The van der Waals surface area contributed by atoms with Gasteiger partial charge in [-0.05, 0) is 29.8 Å². The van der Waals surface area contributed by atoms with Crippen LogP contribution in [0, 0.1) is 5.82 Å². The number of rotatable bonds is 5. The Bertz CT molecular complexity index is 1270. The Morgan fingerprint density at radius 3 is 2.59 bits per heavy atom. The van der Waals surface area contributed by atoms with Crippen molar-refractivity contribution in [3.63, 3.8) is 0 Å². The van der Waals surface area contributed by atoms with Crippen molar-refractivity contribution in [3.05, 3.63) is 75.3 Å². The minimum Gasteiger partial charge on any atom is -0.475 e. The number of aromatic nitrogens is 2. The van der Waals surface area contributed by atoms with Gasteiger partial charge in [0.1, 0.15) is 22.2 Å². The fraction of sp³-hybridized carbons (Fsp3) is 0.190. The van der Waals surface area contributed by atoms with Crippen molar-refractivity contribution in [2.75, 3.05) is 0 Å². The van der Waals surface area contributed by atoms with Crippen molar-refractivity contribution < 1.29 is 18.7 Å². The monoisotopic (exact) mass is 412 g/mol. The highest BCUT2D eigenvalue weighted by Gasteiger charge is 2.20. The normalized spacial score (nSPS) is 11.4. The molecule has 0 atom stereocenters. The smallest absolute Gasteiger partial charge is 0.371 e. The number of fused-ring (bicyclic) bond motifs is 1. The summed E-state index contributed by atoms with van der Waals surface area (Å²) in [6.07, 6.45) is 0. The molecule has 0 radical (unpaired) electrons. The second-order valence-corrected chi connectivity index (χ2v) is 7.78. The number of nitrogens with zero attached hydrogens (tertiary/aromatic N) is 2. The Kier molecular flexibility index (Phi) is 4.79. The first-order chi connectivity index (χ1) is 13.8. The third-order valence-electron chi connectivity index (χ3n) is 4.58. The molecule has 0 aliphatic rings. The predicted molar refractivity (Wildman–Crippen MR) is 108 cm³/mol. The van der Waals surface area contributed by atoms with Gasteiger partial charge in [0.25, 0.3) is 5.56 Å². The van der Waals surface area contributed by atoms with Gasteiger partial charge in [-0.1, -0.05) is 26.0 Å². The number of halogens is 1. The maximum Gasteiger partial charge on any atom is 0.371 e. The van der Waals surface area contributed by atoms with E-state index in [-0.39, 0.29) is 29.6 Å². The fourth-order valence-electron chi connectivity index (χ4n) is 3.21. The summed E-state index contributed by atoms with van der Waals surface area (Å²) in [7, 11) is 0. The Hall–Kier alpha value is -3.26. The summed E-state index contributed by atoms with van der Waals surface area (Å²) in [5.41, 5.74) is 1.18. The summed E-state index contributed by atoms with van der Waals surface area (Å²) in [5, 5.41) is 11.4. The summed E-state index contributed by atoms with van der Waals surface area (Å²) < 4.78 is 20.1. The third kappa shape index (κ3) is 3.47. The van der Waals surface area contributed by atoms with Crippen molar-refractivity contribution in [2.45, 2.75) is 26.3 Å². The fourth-order valence-corrected chi connectivity index (χ4v) is 4.15. The second-order valence-electron chi connectivity index (χ2n) is 6.92. The van der Waals surface area contributed by atoms with Gasteiger partial charge in [0.2, 0.25) is 5.76 Å². The minimum absolute atomic E-state index is 0.0302. The molecule has 8 heteroatoms. The van der Waals surface area contributed by atoms with Crippen LogP contribution in [0.2, 0.25) is 0 Å². The van der Waals surface area contributed by atoms with Crippen molar-refractivity contribution in [3.8, 4) is 11.1 Å². The number of carbonyl (C=O) groups is 1. The van der Waals surface area contributed by atoms with Crippen molar-refractivity contribution in [2.24, 2.45) is 0 Å². The molecular weight excluding hydrogens is 395 g/mol. The highest BCUT2D eigenvalue weighted by atomic mass is 32.1. The van der Waals surface area contributed by atoms with E-state index in [0.717, 1.165) is 5.56 Å². The van der Waals surface area contributed by atoms with Crippen LogP contribution in [0.4, 0.5) is 4.39 Å². The lowest BCUT2D eigenvalue weighted by Gasteiger charge is -2.14. The van der Waals surface area contributed by atoms with Crippen LogP contribution in [0.1, 0.15) is 41.9 Å². The molecule has 6 nitrogen and oxygen atoms in total. The van der Waals surface area contributed by atoms with E-state index < -0.39 is 5.97 Å². The quantitative estimate of drug-likeness (QED) is 0.512. The highest BCUT2D eigenvalue weighted by Crippen LogP contribution is 2.32. The Morgan fingerprint density at radius 2 is 1.97 bits per heavy atom. The third-order valence-corrected chi connectivity index (χ3v) is 5.45. The van der Waals surface area contributed by atoms with E-state index in [0.29, 0.717) is 27.4 Å². The van der Waals surface area contributed by atoms with Crippen LogP contribution in [0.5, 0.6) is 0 Å². The molecule has 3 heterocycles. The molecule has 0 saturated carbocycles. The molecule has 0 saturated heterocycles. The number of aromatic carboxylic acids is 1. The molecule has 0 aliphatic carbocycles. The second kappa shape index (κ2) is 7.29. The molecule has 4 rings (SSSR count). The largest absolute Gasteiger partial charge is 0.475 e. The Morgan fingerprint density at radius 1 is 1.24 bits per heavy atom. The zero-order valence-electron chi connectivity index (χ0n) is 15.7. The lowest BCUT2D eigenvalue weighted by Crippen LogP contribution is -2.26. The van der Waals surface area contributed by atoms with E-state index in [1.54, 1.807) is 18.2 Å². The topological polar surface area (TPSA) is 85.3 Å². The van der Waals surface area contributed by atoms with Crippen LogP contribution in [0.15, 0.2) is 51.0 Å². The molecule has 0 fully saturated rings. The summed E-state index contributed by atoms with van der Waals surface area (Å²) >= 11 is 1.36. The molecular formula is C21H17FN2O4S. The molecule has 0 amide bonds. The van der Waals surface area contributed by atoms with Crippen LogP contribution in [0.25, 0.3) is 21.3 Å². The lowest BCUT2D eigenvalue weighted by atomic mass is 10.1. The van der Waals surface area contributed by atoms with Gasteiger partial charge in [-0.2, -0.15) is 0 Å². The van der Waals surface area contributed by atoms with Crippen LogP contribution >= 0.6 is 11.3 Å². The molecule has 0 unspecified atom stereocenters. The standard InChI is InChI=1S/C21H17FN2O4S/c1-11(2)18-23-19-17(15(10-29-19)12-3-5-13(22)6-4-12)20(25)24(18)9-14-7-8-16(28-14)21(26)27/h3-8,10-11H,9H2,1-2H3,(H,26,27). The van der Waals surface area contributed by atoms with E-state index >= 15 is 0 Å². The van der Waals surface area contributed by atoms with Crippen molar-refractivity contribution >= 4 is 27.5 Å². The first-order valence-electron chi connectivity index (χ1n) is 8.95. The number of benzene rings is 1. The number of hydrogen-bond donors (Lipinski definition) is 1. The minimum atomic E-state index is -1.17. The molecule has 0 spiro atoms. The van der Waals surface area contributed by atoms with Gasteiger partial charge in [0, 0.05) is 16.9 Å². The molecule has 3 aromatic heterocycles. The van der Waals surface area contributed by atoms with E-state index in [9.17, 15) is 14.0 Å². The average Bonchev–Trinajstić information content (AvgIpc) is 3.31. The number of carboxylic acid groups (broad SMARTS) is 1. The molecule has 4 aromatic rings. The summed E-state index contributed by atoms with van der Waals surface area (Å²) in [4.78, 5) is 29.8. The van der Waals surface area contributed by atoms with Gasteiger partial charge in [-0.3, -0.25) is 9.36 Å². The first kappa shape index (κ1) is 19.1. The predicted octanol–water partition coefficient (Wildman–Crippen LogP) is 4.73. The molecule has 0 bridgehead atoms. The number of thiophene rings is 1. The Balaban J connectivity index is 1.89. The van der Waals surface area contributed by atoms with Crippen LogP contribution in [0.3, 0.4) is 0 Å². The molecule has 0 aliphatic heterocycles. The zero-order chi connectivity index (χ0) is 20.7. The lowest BCUT2D eigenvalue weighted by molar-refractivity contribution is 0.0660. The van der Waals surface area contributed by atoms with Gasteiger partial charge in [0.15, 0.2) is 0 Å². The van der Waals surface area contributed by atoms with E-state index in [4.69, 9.17) is 9.52 Å². The summed E-state index contributed by atoms with van der Waals surface area (Å²) in [5.74, 6) is -0.793. The van der Waals surface area contributed by atoms with Crippen molar-refractivity contribution in [1.29, 1.82) is 0 Å². The van der Waals surface area contributed by atoms with Gasteiger partial charge >= 0.3 is 5.97 Å². The summed E-state index contributed by atoms with van der Waals surface area (Å²) in [6, 6.07) is 8.86. The van der Waals surface area contributed by atoms with E-state index in [1.807, 2.05) is 19.2 Å². The van der Waals surface area contributed by atoms with E-state index in [1.165, 1.54) is 34.1 Å². The SMILES string of the molecule is CC(C)c1nc2scc(-c3ccc(F)cc3)c2c(=O)n1Cc1ccc(C(=O)O)o1. The average molecular weight is 412 g/mol. The molecule has 1 N–H and O–H groups in total. The number of hydrogen-bond acceptors (Lipinski definition) is 5. The van der Waals surface area contributed by atoms with Crippen molar-refractivity contribution in [1.82, 2.24) is 9.55 Å². The molecule has 148 valence electrons. The van der Waals surface area contributed by atoms with Gasteiger partial charge in [-0.15, -0.1) is 11.3 Å². The number of carboxylic acids is 1. The Labute approximate surface area is 168 Å². The van der Waals surface area contributed by atoms with Crippen LogP contribution in [-0.4, -0.2) is 20.6 Å². The van der Waals surface area contributed by atoms with Gasteiger partial charge in [0.05, 0.1) is 11.9 Å². The maximum absolute atomic E-state index is 13.4. The van der Waals surface area contributed by atoms with Crippen LogP contribution in [-0.2, 0) is 6.54 Å². The van der Waals surface area contributed by atoms with Gasteiger partial charge in [-0.25, -0.2) is 14.2 Å². The molecule has 1 aromatic carbocycles. The maximum atomic E-state index is 13.4. The zero-order valence-corrected chi connectivity index (χ0v) is 16.5. The molecule has 29 heavy (non-hydrogen) atoms. The first-order valence-corrected chi connectivity index (χ1v) is 9.83. The van der Waals surface area contributed by atoms with E-state index in [2.05, 4.69) is 4.98 Å². The number of furan rings is 1. The van der Waals surface area contributed by atoms with Crippen LogP contribution < -0.4 is 5.56 Å². The summed E-state index contributed by atoms with van der Waals surface area (Å²) in [6.45, 7) is 3.94.